The highest BCUT2D eigenvalue weighted by Gasteiger charge is 2.09. The summed E-state index contributed by atoms with van der Waals surface area (Å²) in [5, 5.41) is 10.2. The van der Waals surface area contributed by atoms with Gasteiger partial charge in [0, 0.05) is 12.3 Å². The summed E-state index contributed by atoms with van der Waals surface area (Å²) in [6.07, 6.45) is 0.987. The first-order valence-corrected chi connectivity index (χ1v) is 6.09. The molecule has 2 rings (SSSR count). The first-order chi connectivity index (χ1) is 8.58. The Bertz CT molecular complexity index is 558. The van der Waals surface area contributed by atoms with Gasteiger partial charge in [0.25, 0.3) is 0 Å². The summed E-state index contributed by atoms with van der Waals surface area (Å²) in [4.78, 5) is 4.05. The molecule has 1 unspecified atom stereocenters. The zero-order valence-corrected chi connectivity index (χ0v) is 11.1. The molecule has 18 heavy (non-hydrogen) atoms. The van der Waals surface area contributed by atoms with E-state index in [0.29, 0.717) is 21.7 Å². The molecule has 1 N–H and O–H groups in total. The van der Waals surface area contributed by atoms with E-state index in [1.807, 2.05) is 0 Å². The number of nitrogens with zero attached hydrogens (tertiary/aromatic N) is 1. The topological polar surface area (TPSA) is 42.4 Å². The normalized spacial score (nSPS) is 12.2. The van der Waals surface area contributed by atoms with Crippen molar-refractivity contribution >= 4 is 23.2 Å². The lowest BCUT2D eigenvalue weighted by atomic mass is 10.2. The monoisotopic (exact) mass is 283 g/mol. The number of aliphatic hydroxyl groups excluding tert-OH is 1. The van der Waals surface area contributed by atoms with Crippen molar-refractivity contribution in [3.05, 3.63) is 52.1 Å². The molecule has 0 spiro atoms. The Morgan fingerprint density at radius 2 is 2.06 bits per heavy atom. The molecule has 1 aromatic heterocycles. The minimum Gasteiger partial charge on any atom is -0.437 e. The van der Waals surface area contributed by atoms with Gasteiger partial charge in [-0.3, -0.25) is 0 Å². The molecule has 0 bridgehead atoms. The molecular weight excluding hydrogens is 273 g/mol. The maximum Gasteiger partial charge on any atom is 0.219 e. The molecule has 1 aromatic carbocycles. The fourth-order valence-corrected chi connectivity index (χ4v) is 1.75. The summed E-state index contributed by atoms with van der Waals surface area (Å²) in [6.45, 7) is 1.67. The molecule has 0 aliphatic heterocycles. The maximum atomic E-state index is 9.48. The van der Waals surface area contributed by atoms with Crippen molar-refractivity contribution in [2.75, 3.05) is 0 Å². The Balaban J connectivity index is 2.28. The molecule has 0 saturated carbocycles. The van der Waals surface area contributed by atoms with Crippen LogP contribution in [0.4, 0.5) is 0 Å². The van der Waals surface area contributed by atoms with Crippen LogP contribution in [0.5, 0.6) is 11.6 Å². The number of hydrogen-bond acceptors (Lipinski definition) is 3. The molecule has 0 fully saturated rings. The van der Waals surface area contributed by atoms with Crippen LogP contribution in [0.2, 0.25) is 10.0 Å². The minimum atomic E-state index is -0.579. The number of rotatable bonds is 3. The van der Waals surface area contributed by atoms with Gasteiger partial charge in [0.15, 0.2) is 0 Å². The molecular formula is C13H11Cl2NO2. The van der Waals surface area contributed by atoms with Crippen LogP contribution < -0.4 is 4.74 Å². The van der Waals surface area contributed by atoms with Crippen LogP contribution in [0, 0.1) is 0 Å². The Labute approximate surface area is 115 Å². The van der Waals surface area contributed by atoms with Crippen LogP contribution in [0.25, 0.3) is 0 Å². The zero-order chi connectivity index (χ0) is 13.1. The van der Waals surface area contributed by atoms with E-state index in [4.69, 9.17) is 27.9 Å². The number of aromatic nitrogens is 1. The molecule has 0 saturated heterocycles. The van der Waals surface area contributed by atoms with Crippen molar-refractivity contribution in [2.45, 2.75) is 13.0 Å². The second kappa shape index (κ2) is 5.57. The molecule has 3 nitrogen and oxygen atoms in total. The van der Waals surface area contributed by atoms with E-state index >= 15 is 0 Å². The molecule has 5 heteroatoms. The summed E-state index contributed by atoms with van der Waals surface area (Å²) in [7, 11) is 0. The van der Waals surface area contributed by atoms with Gasteiger partial charge in [-0.1, -0.05) is 29.3 Å². The quantitative estimate of drug-likeness (QED) is 0.916. The number of halogens is 2. The van der Waals surface area contributed by atoms with Crippen LogP contribution in [0.3, 0.4) is 0 Å². The summed E-state index contributed by atoms with van der Waals surface area (Å²) in [6, 6.07) is 8.49. The van der Waals surface area contributed by atoms with Crippen LogP contribution in [0.15, 0.2) is 36.5 Å². The average molecular weight is 284 g/mol. The van der Waals surface area contributed by atoms with Gasteiger partial charge < -0.3 is 9.84 Å². The van der Waals surface area contributed by atoms with Crippen LogP contribution in [-0.2, 0) is 0 Å². The van der Waals surface area contributed by atoms with Gasteiger partial charge in [0.2, 0.25) is 5.88 Å². The van der Waals surface area contributed by atoms with Gasteiger partial charge in [-0.2, -0.15) is 0 Å². The third kappa shape index (κ3) is 2.93. The highest BCUT2D eigenvalue weighted by atomic mass is 35.5. The number of benzene rings is 1. The fourth-order valence-electron chi connectivity index (χ4n) is 1.42. The fraction of sp³-hybridized carbons (Fsp3) is 0.154. The average Bonchev–Trinajstić information content (AvgIpc) is 2.35. The van der Waals surface area contributed by atoms with E-state index in [9.17, 15) is 5.11 Å². The largest absolute Gasteiger partial charge is 0.437 e. The third-order valence-corrected chi connectivity index (χ3v) is 3.17. The molecule has 1 atom stereocenters. The van der Waals surface area contributed by atoms with Crippen molar-refractivity contribution in [1.29, 1.82) is 0 Å². The van der Waals surface area contributed by atoms with E-state index in [2.05, 4.69) is 4.98 Å². The second-order valence-electron chi connectivity index (χ2n) is 3.76. The zero-order valence-electron chi connectivity index (χ0n) is 9.60. The highest BCUT2D eigenvalue weighted by Crippen LogP contribution is 2.34. The van der Waals surface area contributed by atoms with E-state index < -0.39 is 6.10 Å². The molecule has 0 radical (unpaired) electrons. The Morgan fingerprint density at radius 3 is 2.78 bits per heavy atom. The smallest absolute Gasteiger partial charge is 0.219 e. The number of hydrogen-bond donors (Lipinski definition) is 1. The summed E-state index contributed by atoms with van der Waals surface area (Å²) < 4.78 is 5.54. The van der Waals surface area contributed by atoms with E-state index in [0.717, 1.165) is 5.56 Å². The lowest BCUT2D eigenvalue weighted by Gasteiger charge is -2.09. The van der Waals surface area contributed by atoms with Gasteiger partial charge >= 0.3 is 0 Å². The van der Waals surface area contributed by atoms with E-state index in [1.54, 1.807) is 43.5 Å². The summed E-state index contributed by atoms with van der Waals surface area (Å²) in [5.41, 5.74) is 0.721. The van der Waals surface area contributed by atoms with E-state index in [1.165, 1.54) is 0 Å². The van der Waals surface area contributed by atoms with Crippen LogP contribution in [0.1, 0.15) is 18.6 Å². The van der Waals surface area contributed by atoms with Gasteiger partial charge in [-0.15, -0.1) is 0 Å². The Hall–Kier alpha value is -1.29. The number of ether oxygens (including phenoxy) is 1. The van der Waals surface area contributed by atoms with Gasteiger partial charge in [0.05, 0.1) is 11.1 Å². The lowest BCUT2D eigenvalue weighted by Crippen LogP contribution is -1.94. The SMILES string of the molecule is CC(O)c1ccnc(Oc2cccc(Cl)c2Cl)c1. The standard InChI is InChI=1S/C13H11Cl2NO2/c1-8(17)9-5-6-16-12(7-9)18-11-4-2-3-10(14)13(11)15/h2-8,17H,1H3. The molecule has 0 aliphatic rings. The Kier molecular flexibility index (Phi) is 4.07. The predicted octanol–water partition coefficient (Wildman–Crippen LogP) is 4.23. The number of aliphatic hydroxyl groups is 1. The number of pyridine rings is 1. The van der Waals surface area contributed by atoms with Crippen molar-refractivity contribution in [2.24, 2.45) is 0 Å². The van der Waals surface area contributed by atoms with Crippen LogP contribution >= 0.6 is 23.2 Å². The summed E-state index contributed by atoms with van der Waals surface area (Å²) in [5.74, 6) is 0.789. The van der Waals surface area contributed by atoms with Crippen molar-refractivity contribution in [3.63, 3.8) is 0 Å². The molecule has 1 heterocycles. The highest BCUT2D eigenvalue weighted by molar-refractivity contribution is 6.42. The van der Waals surface area contributed by atoms with Crippen LogP contribution in [-0.4, -0.2) is 10.1 Å². The second-order valence-corrected chi connectivity index (χ2v) is 4.54. The third-order valence-electron chi connectivity index (χ3n) is 2.37. The first-order valence-electron chi connectivity index (χ1n) is 5.34. The van der Waals surface area contributed by atoms with Crippen molar-refractivity contribution < 1.29 is 9.84 Å². The van der Waals surface area contributed by atoms with Gasteiger partial charge in [0.1, 0.15) is 10.8 Å². The lowest BCUT2D eigenvalue weighted by molar-refractivity contribution is 0.198. The molecule has 94 valence electrons. The molecule has 2 aromatic rings. The predicted molar refractivity (Wildman–Crippen MR) is 71.4 cm³/mol. The minimum absolute atomic E-state index is 0.336. The van der Waals surface area contributed by atoms with E-state index in [-0.39, 0.29) is 0 Å². The van der Waals surface area contributed by atoms with Gasteiger partial charge in [-0.05, 0) is 30.7 Å². The maximum absolute atomic E-state index is 9.48. The Morgan fingerprint density at radius 1 is 1.28 bits per heavy atom. The molecule has 0 aliphatic carbocycles. The van der Waals surface area contributed by atoms with Crippen molar-refractivity contribution in [3.8, 4) is 11.6 Å². The molecule has 0 amide bonds. The van der Waals surface area contributed by atoms with Crippen molar-refractivity contribution in [1.82, 2.24) is 4.98 Å². The first kappa shape index (κ1) is 13.1. The van der Waals surface area contributed by atoms with Gasteiger partial charge in [-0.25, -0.2) is 4.98 Å². The summed E-state index contributed by atoms with van der Waals surface area (Å²) >= 11 is 11.9.